The molecule has 0 fully saturated rings. The minimum Gasteiger partial charge on any atom is -0.289 e. The predicted molar refractivity (Wildman–Crippen MR) is 83.0 cm³/mol. The first kappa shape index (κ1) is 14.0. The van der Waals surface area contributed by atoms with Crippen molar-refractivity contribution in [2.24, 2.45) is 0 Å². The van der Waals surface area contributed by atoms with Gasteiger partial charge in [0.2, 0.25) is 0 Å². The summed E-state index contributed by atoms with van der Waals surface area (Å²) in [5.41, 5.74) is 2.80. The monoisotopic (exact) mass is 316 g/mol. The van der Waals surface area contributed by atoms with Gasteiger partial charge in [-0.25, -0.2) is 0 Å². The first-order valence-corrected chi connectivity index (χ1v) is 7.68. The smallest absolute Gasteiger partial charge is 0.193 e. The van der Waals surface area contributed by atoms with E-state index < -0.39 is 0 Å². The molecular weight excluding hydrogens is 300 g/mol. The number of unbranched alkanes of at least 4 members (excludes halogenated alkanes) is 1. The fourth-order valence-electron chi connectivity index (χ4n) is 2.00. The highest BCUT2D eigenvalue weighted by Gasteiger charge is 2.07. The molecule has 0 amide bonds. The van der Waals surface area contributed by atoms with E-state index in [1.165, 1.54) is 18.4 Å². The van der Waals surface area contributed by atoms with E-state index in [1.54, 1.807) is 0 Å². The molecule has 0 aromatic heterocycles. The standard InChI is InChI=1S/C17H17BrO/c18-13-5-4-6-14-9-11-16(12-10-14)17(19)15-7-2-1-3-8-15/h1-3,7-12H,4-6,13H2. The second-order valence-electron chi connectivity index (χ2n) is 4.54. The molecule has 2 aromatic rings. The van der Waals surface area contributed by atoms with E-state index in [2.05, 4.69) is 28.1 Å². The molecule has 0 radical (unpaired) electrons. The molecule has 0 unspecified atom stereocenters. The van der Waals surface area contributed by atoms with Crippen LogP contribution in [-0.4, -0.2) is 11.1 Å². The molecule has 98 valence electrons. The van der Waals surface area contributed by atoms with Crippen molar-refractivity contribution >= 4 is 21.7 Å². The topological polar surface area (TPSA) is 17.1 Å². The summed E-state index contributed by atoms with van der Waals surface area (Å²) in [5.74, 6) is 0.0904. The van der Waals surface area contributed by atoms with Gasteiger partial charge in [0.05, 0.1) is 0 Å². The maximum Gasteiger partial charge on any atom is 0.193 e. The number of rotatable bonds is 6. The second kappa shape index (κ2) is 7.25. The van der Waals surface area contributed by atoms with Crippen LogP contribution < -0.4 is 0 Å². The van der Waals surface area contributed by atoms with E-state index in [1.807, 2.05) is 42.5 Å². The number of alkyl halides is 1. The summed E-state index contributed by atoms with van der Waals surface area (Å²) in [4.78, 5) is 12.2. The number of ketones is 1. The highest BCUT2D eigenvalue weighted by molar-refractivity contribution is 9.09. The molecule has 0 bridgehead atoms. The normalized spacial score (nSPS) is 10.4. The van der Waals surface area contributed by atoms with Crippen molar-refractivity contribution in [2.75, 3.05) is 5.33 Å². The van der Waals surface area contributed by atoms with Gasteiger partial charge in [0.15, 0.2) is 5.78 Å². The molecular formula is C17H17BrO. The fourth-order valence-corrected chi connectivity index (χ4v) is 2.40. The van der Waals surface area contributed by atoms with Crippen molar-refractivity contribution in [3.63, 3.8) is 0 Å². The molecule has 1 nitrogen and oxygen atoms in total. The zero-order valence-electron chi connectivity index (χ0n) is 10.8. The minimum atomic E-state index is 0.0904. The van der Waals surface area contributed by atoms with Crippen LogP contribution in [0.4, 0.5) is 0 Å². The summed E-state index contributed by atoms with van der Waals surface area (Å²) < 4.78 is 0. The van der Waals surface area contributed by atoms with Crippen molar-refractivity contribution in [3.05, 3.63) is 71.3 Å². The Morgan fingerprint density at radius 1 is 0.842 bits per heavy atom. The fraction of sp³-hybridized carbons (Fsp3) is 0.235. The third-order valence-corrected chi connectivity index (χ3v) is 3.66. The average Bonchev–Trinajstić information content (AvgIpc) is 2.48. The van der Waals surface area contributed by atoms with E-state index in [9.17, 15) is 4.79 Å². The van der Waals surface area contributed by atoms with Gasteiger partial charge in [0.1, 0.15) is 0 Å². The lowest BCUT2D eigenvalue weighted by molar-refractivity contribution is 0.103. The number of aryl methyl sites for hydroxylation is 1. The summed E-state index contributed by atoms with van der Waals surface area (Å²) in [5, 5.41) is 1.05. The summed E-state index contributed by atoms with van der Waals surface area (Å²) >= 11 is 3.43. The molecule has 0 aliphatic rings. The lowest BCUT2D eigenvalue weighted by atomic mass is 10.0. The van der Waals surface area contributed by atoms with Crippen LogP contribution in [0, 0.1) is 0 Å². The molecule has 0 N–H and O–H groups in total. The first-order valence-electron chi connectivity index (χ1n) is 6.56. The molecule has 0 saturated carbocycles. The van der Waals surface area contributed by atoms with Crippen LogP contribution in [0.1, 0.15) is 34.3 Å². The number of carbonyl (C=O) groups excluding carboxylic acids is 1. The van der Waals surface area contributed by atoms with E-state index in [4.69, 9.17) is 0 Å². The van der Waals surface area contributed by atoms with Crippen molar-refractivity contribution in [3.8, 4) is 0 Å². The van der Waals surface area contributed by atoms with Crippen molar-refractivity contribution in [1.29, 1.82) is 0 Å². The largest absolute Gasteiger partial charge is 0.289 e. The van der Waals surface area contributed by atoms with Crippen LogP contribution in [0.5, 0.6) is 0 Å². The van der Waals surface area contributed by atoms with Crippen LogP contribution in [0.3, 0.4) is 0 Å². The summed E-state index contributed by atoms with van der Waals surface area (Å²) in [6.45, 7) is 0. The van der Waals surface area contributed by atoms with Gasteiger partial charge in [-0.15, -0.1) is 0 Å². The zero-order chi connectivity index (χ0) is 13.5. The summed E-state index contributed by atoms with van der Waals surface area (Å²) in [6.07, 6.45) is 3.44. The molecule has 0 saturated heterocycles. The lowest BCUT2D eigenvalue weighted by Gasteiger charge is -2.04. The van der Waals surface area contributed by atoms with Crippen LogP contribution in [0.25, 0.3) is 0 Å². The van der Waals surface area contributed by atoms with Gasteiger partial charge < -0.3 is 0 Å². The zero-order valence-corrected chi connectivity index (χ0v) is 12.4. The van der Waals surface area contributed by atoms with Crippen LogP contribution >= 0.6 is 15.9 Å². The highest BCUT2D eigenvalue weighted by Crippen LogP contribution is 2.12. The van der Waals surface area contributed by atoms with Crippen molar-refractivity contribution in [1.82, 2.24) is 0 Å². The number of hydrogen-bond acceptors (Lipinski definition) is 1. The SMILES string of the molecule is O=C(c1ccccc1)c1ccc(CCCCBr)cc1. The third kappa shape index (κ3) is 4.03. The van der Waals surface area contributed by atoms with Crippen molar-refractivity contribution < 1.29 is 4.79 Å². The highest BCUT2D eigenvalue weighted by atomic mass is 79.9. The summed E-state index contributed by atoms with van der Waals surface area (Å²) in [7, 11) is 0. The summed E-state index contributed by atoms with van der Waals surface area (Å²) in [6, 6.07) is 17.4. The molecule has 2 rings (SSSR count). The van der Waals surface area contributed by atoms with Gasteiger partial charge in [-0.3, -0.25) is 4.79 Å². The van der Waals surface area contributed by atoms with Gasteiger partial charge in [-0.2, -0.15) is 0 Å². The number of halogens is 1. The van der Waals surface area contributed by atoms with Crippen LogP contribution in [-0.2, 0) is 6.42 Å². The molecule has 2 heteroatoms. The number of hydrogen-bond donors (Lipinski definition) is 0. The van der Waals surface area contributed by atoms with Crippen LogP contribution in [0.15, 0.2) is 54.6 Å². The Morgan fingerprint density at radius 3 is 2.11 bits per heavy atom. The van der Waals surface area contributed by atoms with Gasteiger partial charge >= 0.3 is 0 Å². The van der Waals surface area contributed by atoms with Crippen LogP contribution in [0.2, 0.25) is 0 Å². The predicted octanol–water partition coefficient (Wildman–Crippen LogP) is 4.64. The van der Waals surface area contributed by atoms with Gasteiger partial charge in [0, 0.05) is 16.5 Å². The van der Waals surface area contributed by atoms with Gasteiger partial charge in [-0.1, -0.05) is 70.5 Å². The lowest BCUT2D eigenvalue weighted by Crippen LogP contribution is -2.01. The van der Waals surface area contributed by atoms with E-state index in [0.29, 0.717) is 0 Å². The maximum absolute atomic E-state index is 12.2. The van der Waals surface area contributed by atoms with E-state index in [0.717, 1.165) is 22.9 Å². The van der Waals surface area contributed by atoms with Gasteiger partial charge in [-0.05, 0) is 24.8 Å². The average molecular weight is 317 g/mol. The third-order valence-electron chi connectivity index (χ3n) is 3.10. The molecule has 0 aliphatic carbocycles. The minimum absolute atomic E-state index is 0.0904. The Balaban J connectivity index is 2.04. The Labute approximate surface area is 122 Å². The van der Waals surface area contributed by atoms with E-state index in [-0.39, 0.29) is 5.78 Å². The number of benzene rings is 2. The quantitative estimate of drug-likeness (QED) is 0.431. The Bertz CT molecular complexity index is 517. The molecule has 0 spiro atoms. The molecule has 0 atom stereocenters. The molecule has 0 aliphatic heterocycles. The Hall–Kier alpha value is -1.41. The molecule has 0 heterocycles. The first-order chi connectivity index (χ1) is 9.31. The van der Waals surface area contributed by atoms with Crippen molar-refractivity contribution in [2.45, 2.75) is 19.3 Å². The molecule has 2 aromatic carbocycles. The Morgan fingerprint density at radius 2 is 1.47 bits per heavy atom. The van der Waals surface area contributed by atoms with Gasteiger partial charge in [0.25, 0.3) is 0 Å². The second-order valence-corrected chi connectivity index (χ2v) is 5.33. The maximum atomic E-state index is 12.2. The van der Waals surface area contributed by atoms with E-state index >= 15 is 0 Å². The Kier molecular flexibility index (Phi) is 5.34. The molecule has 19 heavy (non-hydrogen) atoms. The number of carbonyl (C=O) groups is 1.